The minimum absolute atomic E-state index is 0.0118. The van der Waals surface area contributed by atoms with Gasteiger partial charge in [0.05, 0.1) is 18.7 Å². The van der Waals surface area contributed by atoms with E-state index in [-0.39, 0.29) is 30.6 Å². The van der Waals surface area contributed by atoms with E-state index in [2.05, 4.69) is 10.1 Å². The summed E-state index contributed by atoms with van der Waals surface area (Å²) in [6, 6.07) is 4.83. The van der Waals surface area contributed by atoms with Crippen molar-refractivity contribution in [2.24, 2.45) is 0 Å². The molecule has 0 N–H and O–H groups in total. The van der Waals surface area contributed by atoms with Gasteiger partial charge >= 0.3 is 0 Å². The molecule has 2 aliphatic heterocycles. The number of aryl methyl sites for hydroxylation is 1. The third-order valence-electron chi connectivity index (χ3n) is 5.34. The van der Waals surface area contributed by atoms with E-state index in [1.54, 1.807) is 12.3 Å². The molecule has 2 aromatic rings. The summed E-state index contributed by atoms with van der Waals surface area (Å²) < 4.78 is 27.0. The van der Waals surface area contributed by atoms with Crippen LogP contribution >= 0.6 is 0 Å². The maximum Gasteiger partial charge on any atom is 0.229 e. The Morgan fingerprint density at radius 3 is 3.11 bits per heavy atom. The van der Waals surface area contributed by atoms with Crippen molar-refractivity contribution in [3.05, 3.63) is 48.3 Å². The van der Waals surface area contributed by atoms with Crippen LogP contribution in [0.2, 0.25) is 0 Å². The van der Waals surface area contributed by atoms with Crippen molar-refractivity contribution < 1.29 is 18.7 Å². The summed E-state index contributed by atoms with van der Waals surface area (Å²) >= 11 is 0. The molecule has 3 atom stereocenters. The van der Waals surface area contributed by atoms with Crippen molar-refractivity contribution >= 4 is 5.91 Å². The lowest BCUT2D eigenvalue weighted by Crippen LogP contribution is -2.44. The van der Waals surface area contributed by atoms with Gasteiger partial charge in [-0.3, -0.25) is 14.5 Å². The largest absolute Gasteiger partial charge is 0.374 e. The molecule has 0 spiro atoms. The first-order chi connectivity index (χ1) is 13.7. The first-order valence-corrected chi connectivity index (χ1v) is 9.81. The Balaban J connectivity index is 1.33. The smallest absolute Gasteiger partial charge is 0.229 e. The molecular weight excluding hydrogens is 363 g/mol. The first-order valence-electron chi connectivity index (χ1n) is 9.81. The van der Waals surface area contributed by atoms with Gasteiger partial charge in [-0.05, 0) is 37.5 Å². The van der Waals surface area contributed by atoms with E-state index in [1.165, 1.54) is 6.07 Å². The first kappa shape index (κ1) is 19.0. The van der Waals surface area contributed by atoms with Gasteiger partial charge in [-0.2, -0.15) is 5.10 Å². The van der Waals surface area contributed by atoms with Crippen LogP contribution in [0.25, 0.3) is 0 Å². The fourth-order valence-electron chi connectivity index (χ4n) is 4.00. The molecule has 0 unspecified atom stereocenters. The number of amides is 1. The van der Waals surface area contributed by atoms with E-state index < -0.39 is 5.82 Å². The van der Waals surface area contributed by atoms with Crippen LogP contribution in [0.1, 0.15) is 25.0 Å². The molecule has 0 bridgehead atoms. The van der Waals surface area contributed by atoms with Gasteiger partial charge in [0, 0.05) is 44.4 Å². The van der Waals surface area contributed by atoms with E-state index in [1.807, 2.05) is 21.8 Å². The van der Waals surface area contributed by atoms with Gasteiger partial charge in [-0.1, -0.05) is 0 Å². The average Bonchev–Trinajstić information content (AvgIpc) is 3.35. The zero-order valence-corrected chi connectivity index (χ0v) is 15.7. The maximum atomic E-state index is 13.0. The SMILES string of the molecule is O=C(Cc1ccc(F)cn1)N1C[C@H](OCCCn2cccn2)[C@H]2OCCC[C@H]21. The van der Waals surface area contributed by atoms with Crippen LogP contribution < -0.4 is 0 Å². The molecule has 1 amide bonds. The monoisotopic (exact) mass is 388 g/mol. The number of fused-ring (bicyclic) bond motifs is 1. The molecule has 28 heavy (non-hydrogen) atoms. The van der Waals surface area contributed by atoms with E-state index in [0.29, 0.717) is 25.5 Å². The number of ether oxygens (including phenoxy) is 2. The summed E-state index contributed by atoms with van der Waals surface area (Å²) in [5.74, 6) is -0.413. The van der Waals surface area contributed by atoms with Crippen LogP contribution in [0, 0.1) is 5.82 Å². The van der Waals surface area contributed by atoms with Gasteiger partial charge in [0.25, 0.3) is 0 Å². The lowest BCUT2D eigenvalue weighted by molar-refractivity contribution is -0.134. The number of nitrogens with zero attached hydrogens (tertiary/aromatic N) is 4. The molecule has 0 aliphatic carbocycles. The van der Waals surface area contributed by atoms with Gasteiger partial charge in [-0.25, -0.2) is 4.39 Å². The fourth-order valence-corrected chi connectivity index (χ4v) is 4.00. The molecule has 8 heteroatoms. The predicted octanol–water partition coefficient (Wildman–Crippen LogP) is 1.82. The minimum Gasteiger partial charge on any atom is -0.374 e. The lowest BCUT2D eigenvalue weighted by atomic mass is 10.0. The molecule has 150 valence electrons. The number of carbonyl (C=O) groups excluding carboxylic acids is 1. The molecule has 4 heterocycles. The molecule has 7 nitrogen and oxygen atoms in total. The number of hydrogen-bond acceptors (Lipinski definition) is 5. The Bertz CT molecular complexity index is 768. The molecule has 2 saturated heterocycles. The fraction of sp³-hybridized carbons (Fsp3) is 0.550. The molecular formula is C20H25FN4O3. The Morgan fingerprint density at radius 1 is 1.39 bits per heavy atom. The number of pyridine rings is 1. The third kappa shape index (κ3) is 4.39. The van der Waals surface area contributed by atoms with Crippen LogP contribution in [0.15, 0.2) is 36.8 Å². The zero-order valence-electron chi connectivity index (χ0n) is 15.7. The van der Waals surface area contributed by atoms with E-state index in [0.717, 1.165) is 32.0 Å². The standard InChI is InChI=1S/C20H25FN4O3/c21-15-5-6-16(22-13-15)12-19(26)25-14-18(20-17(25)4-1-10-28-20)27-11-3-9-24-8-2-7-23-24/h2,5-8,13,17-18,20H,1,3-4,9-12,14H2/t17-,18+,20+/m1/s1. The molecule has 2 aliphatic rings. The summed E-state index contributed by atoms with van der Waals surface area (Å²) in [4.78, 5) is 18.7. The van der Waals surface area contributed by atoms with Crippen molar-refractivity contribution in [1.82, 2.24) is 19.7 Å². The number of aromatic nitrogens is 3. The second-order valence-corrected chi connectivity index (χ2v) is 7.27. The number of carbonyl (C=O) groups is 1. The highest BCUT2D eigenvalue weighted by molar-refractivity contribution is 5.79. The summed E-state index contributed by atoms with van der Waals surface area (Å²) in [5.41, 5.74) is 0.572. The van der Waals surface area contributed by atoms with Crippen LogP contribution in [-0.2, 0) is 27.2 Å². The molecule has 0 radical (unpaired) electrons. The highest BCUT2D eigenvalue weighted by atomic mass is 19.1. The predicted molar refractivity (Wildman–Crippen MR) is 99.0 cm³/mol. The summed E-state index contributed by atoms with van der Waals surface area (Å²) in [6.45, 7) is 2.62. The summed E-state index contributed by atoms with van der Waals surface area (Å²) in [5, 5.41) is 4.19. The van der Waals surface area contributed by atoms with Gasteiger partial charge in [0.1, 0.15) is 18.0 Å². The molecule has 4 rings (SSSR count). The maximum absolute atomic E-state index is 13.0. The van der Waals surface area contributed by atoms with E-state index in [4.69, 9.17) is 9.47 Å². The number of halogens is 1. The Hall–Kier alpha value is -2.32. The van der Waals surface area contributed by atoms with E-state index in [9.17, 15) is 9.18 Å². The van der Waals surface area contributed by atoms with Crippen LogP contribution in [0.5, 0.6) is 0 Å². The minimum atomic E-state index is -0.401. The number of rotatable bonds is 7. The Kier molecular flexibility index (Phi) is 5.97. The molecule has 2 fully saturated rings. The number of likely N-dealkylation sites (tertiary alicyclic amines) is 1. The topological polar surface area (TPSA) is 69.5 Å². The average molecular weight is 388 g/mol. The summed E-state index contributed by atoms with van der Waals surface area (Å²) in [7, 11) is 0. The number of hydrogen-bond donors (Lipinski definition) is 0. The highest BCUT2D eigenvalue weighted by Gasteiger charge is 2.46. The molecule has 2 aromatic heterocycles. The Labute approximate surface area is 163 Å². The van der Waals surface area contributed by atoms with Gasteiger partial charge in [0.15, 0.2) is 0 Å². The van der Waals surface area contributed by atoms with Gasteiger partial charge in [0.2, 0.25) is 5.91 Å². The Morgan fingerprint density at radius 2 is 2.32 bits per heavy atom. The normalized spacial score (nSPS) is 24.3. The van der Waals surface area contributed by atoms with Gasteiger partial charge < -0.3 is 14.4 Å². The highest BCUT2D eigenvalue weighted by Crippen LogP contribution is 2.31. The van der Waals surface area contributed by atoms with Crippen LogP contribution in [0.3, 0.4) is 0 Å². The lowest BCUT2D eigenvalue weighted by Gasteiger charge is -2.32. The molecule has 0 aromatic carbocycles. The van der Waals surface area contributed by atoms with Gasteiger partial charge in [-0.15, -0.1) is 0 Å². The summed E-state index contributed by atoms with van der Waals surface area (Å²) in [6.07, 6.45) is 7.50. The second-order valence-electron chi connectivity index (χ2n) is 7.27. The van der Waals surface area contributed by atoms with Crippen molar-refractivity contribution in [1.29, 1.82) is 0 Å². The second kappa shape index (κ2) is 8.79. The van der Waals surface area contributed by atoms with E-state index >= 15 is 0 Å². The quantitative estimate of drug-likeness (QED) is 0.677. The molecule has 0 saturated carbocycles. The van der Waals surface area contributed by atoms with Crippen molar-refractivity contribution in [2.75, 3.05) is 19.8 Å². The van der Waals surface area contributed by atoms with Crippen LogP contribution in [0.4, 0.5) is 4.39 Å². The zero-order chi connectivity index (χ0) is 19.3. The van der Waals surface area contributed by atoms with Crippen LogP contribution in [-0.4, -0.2) is 63.6 Å². The van der Waals surface area contributed by atoms with Crippen molar-refractivity contribution in [3.8, 4) is 0 Å². The van der Waals surface area contributed by atoms with Crippen molar-refractivity contribution in [2.45, 2.75) is 50.5 Å². The van der Waals surface area contributed by atoms with Crippen molar-refractivity contribution in [3.63, 3.8) is 0 Å². The third-order valence-corrected chi connectivity index (χ3v) is 5.34.